The van der Waals surface area contributed by atoms with Crippen molar-refractivity contribution >= 4 is 6.03 Å². The first kappa shape index (κ1) is 15.4. The number of carbonyl (C=O) groups excluding carboxylic acids is 1. The minimum atomic E-state index is -0.0351. The predicted molar refractivity (Wildman–Crippen MR) is 83.6 cm³/mol. The lowest BCUT2D eigenvalue weighted by Gasteiger charge is -2.35. The molecule has 2 amide bonds. The zero-order valence-electron chi connectivity index (χ0n) is 13.5. The molecule has 2 aliphatic rings. The molecule has 0 spiro atoms. The van der Waals surface area contributed by atoms with E-state index in [0.29, 0.717) is 6.04 Å². The quantitative estimate of drug-likeness (QED) is 0.906. The van der Waals surface area contributed by atoms with Crippen molar-refractivity contribution in [2.75, 3.05) is 7.11 Å². The van der Waals surface area contributed by atoms with Crippen molar-refractivity contribution < 1.29 is 13.9 Å². The summed E-state index contributed by atoms with van der Waals surface area (Å²) < 4.78 is 11.0. The van der Waals surface area contributed by atoms with E-state index in [-0.39, 0.29) is 24.2 Å². The van der Waals surface area contributed by atoms with Gasteiger partial charge in [0.1, 0.15) is 5.76 Å². The number of ether oxygens (including phenoxy) is 1. The van der Waals surface area contributed by atoms with E-state index < -0.39 is 0 Å². The second kappa shape index (κ2) is 6.73. The third-order valence-electron chi connectivity index (χ3n) is 4.86. The number of carbonyl (C=O) groups is 1. The Hall–Kier alpha value is -1.49. The van der Waals surface area contributed by atoms with Gasteiger partial charge in [-0.2, -0.15) is 0 Å². The number of nitrogens with one attached hydrogen (secondary N) is 1. The number of hydrogen-bond donors (Lipinski definition) is 1. The van der Waals surface area contributed by atoms with Crippen LogP contribution in [0.15, 0.2) is 22.8 Å². The zero-order valence-corrected chi connectivity index (χ0v) is 13.5. The smallest absolute Gasteiger partial charge is 0.318 e. The molecule has 0 radical (unpaired) electrons. The van der Waals surface area contributed by atoms with E-state index in [1.165, 1.54) is 6.42 Å². The lowest BCUT2D eigenvalue weighted by molar-refractivity contribution is 0.0417. The average molecular weight is 306 g/mol. The van der Waals surface area contributed by atoms with E-state index in [2.05, 4.69) is 5.32 Å². The predicted octanol–water partition coefficient (Wildman–Crippen LogP) is 3.47. The van der Waals surface area contributed by atoms with E-state index in [1.807, 2.05) is 24.0 Å². The van der Waals surface area contributed by atoms with E-state index in [1.54, 1.807) is 13.4 Å². The second-order valence-corrected chi connectivity index (χ2v) is 6.44. The van der Waals surface area contributed by atoms with Crippen LogP contribution in [-0.4, -0.2) is 36.2 Å². The molecule has 0 bridgehead atoms. The summed E-state index contributed by atoms with van der Waals surface area (Å²) in [4.78, 5) is 14.8. The highest BCUT2D eigenvalue weighted by atomic mass is 16.5. The maximum atomic E-state index is 12.8. The minimum absolute atomic E-state index is 0.0142. The van der Waals surface area contributed by atoms with E-state index >= 15 is 0 Å². The molecule has 3 rings (SSSR count). The van der Waals surface area contributed by atoms with Crippen LogP contribution in [-0.2, 0) is 4.74 Å². The van der Waals surface area contributed by atoms with Crippen LogP contribution in [0.1, 0.15) is 57.3 Å². The standard InChI is InChI=1S/C17H26N2O3/c1-12(15-8-5-11-22-15)19(13-9-10-13)17(20)18-14-6-3-4-7-16(14)21-2/h5,8,11-14,16H,3-4,6-7,9-10H2,1-2H3,(H,18,20)/t12-,14+,16+/m0/s1. The van der Waals surface area contributed by atoms with Crippen molar-refractivity contribution in [1.82, 2.24) is 10.2 Å². The Balaban J connectivity index is 1.67. The van der Waals surface area contributed by atoms with Crippen LogP contribution in [0, 0.1) is 0 Å². The van der Waals surface area contributed by atoms with Crippen molar-refractivity contribution in [3.05, 3.63) is 24.2 Å². The fraction of sp³-hybridized carbons (Fsp3) is 0.706. The van der Waals surface area contributed by atoms with Gasteiger partial charge in [-0.1, -0.05) is 12.8 Å². The van der Waals surface area contributed by atoms with Gasteiger partial charge in [0.15, 0.2) is 0 Å². The van der Waals surface area contributed by atoms with Crippen molar-refractivity contribution in [3.63, 3.8) is 0 Å². The topological polar surface area (TPSA) is 54.7 Å². The highest BCUT2D eigenvalue weighted by Crippen LogP contribution is 2.34. The summed E-state index contributed by atoms with van der Waals surface area (Å²) >= 11 is 0. The third-order valence-corrected chi connectivity index (χ3v) is 4.86. The van der Waals surface area contributed by atoms with Crippen molar-refractivity contribution in [2.24, 2.45) is 0 Å². The monoisotopic (exact) mass is 306 g/mol. The Labute approximate surface area is 132 Å². The number of methoxy groups -OCH3 is 1. The lowest BCUT2D eigenvalue weighted by atomic mass is 9.92. The van der Waals surface area contributed by atoms with Gasteiger partial charge in [0.05, 0.1) is 24.5 Å². The Morgan fingerprint density at radius 2 is 2.14 bits per heavy atom. The van der Waals surface area contributed by atoms with Crippen LogP contribution in [0.2, 0.25) is 0 Å². The molecule has 2 fully saturated rings. The lowest BCUT2D eigenvalue weighted by Crippen LogP contribution is -2.52. The summed E-state index contributed by atoms with van der Waals surface area (Å²) in [5.74, 6) is 0.842. The highest BCUT2D eigenvalue weighted by molar-refractivity contribution is 5.75. The Bertz CT molecular complexity index is 484. The summed E-state index contributed by atoms with van der Waals surface area (Å²) in [6.07, 6.45) is 8.32. The van der Waals surface area contributed by atoms with Crippen LogP contribution in [0.25, 0.3) is 0 Å². The molecular formula is C17H26N2O3. The SMILES string of the molecule is CO[C@@H]1CCCC[C@H]1NC(=O)N(C1CC1)[C@@H](C)c1ccco1. The van der Waals surface area contributed by atoms with Crippen LogP contribution in [0.3, 0.4) is 0 Å². The Kier molecular flexibility index (Phi) is 4.71. The Morgan fingerprint density at radius 3 is 2.77 bits per heavy atom. The Morgan fingerprint density at radius 1 is 1.36 bits per heavy atom. The largest absolute Gasteiger partial charge is 0.467 e. The molecule has 1 aromatic rings. The fourth-order valence-electron chi connectivity index (χ4n) is 3.45. The molecule has 0 unspecified atom stereocenters. The molecular weight excluding hydrogens is 280 g/mol. The van der Waals surface area contributed by atoms with Crippen LogP contribution >= 0.6 is 0 Å². The molecule has 122 valence electrons. The van der Waals surface area contributed by atoms with Gasteiger partial charge in [-0.25, -0.2) is 4.79 Å². The summed E-state index contributed by atoms with van der Waals surface area (Å²) in [5, 5.41) is 3.20. The molecule has 1 heterocycles. The maximum Gasteiger partial charge on any atom is 0.318 e. The van der Waals surface area contributed by atoms with Crippen LogP contribution in [0.5, 0.6) is 0 Å². The van der Waals surface area contributed by atoms with Gasteiger partial charge >= 0.3 is 6.03 Å². The summed E-state index contributed by atoms with van der Waals surface area (Å²) in [6.45, 7) is 2.03. The number of amides is 2. The van der Waals surface area contributed by atoms with Gasteiger partial charge in [-0.05, 0) is 44.7 Å². The van der Waals surface area contributed by atoms with Gasteiger partial charge in [0, 0.05) is 13.2 Å². The van der Waals surface area contributed by atoms with E-state index in [4.69, 9.17) is 9.15 Å². The van der Waals surface area contributed by atoms with Gasteiger partial charge in [-0.3, -0.25) is 0 Å². The molecule has 3 atom stereocenters. The van der Waals surface area contributed by atoms with E-state index in [9.17, 15) is 4.79 Å². The molecule has 0 aliphatic heterocycles. The van der Waals surface area contributed by atoms with Gasteiger partial charge in [-0.15, -0.1) is 0 Å². The minimum Gasteiger partial charge on any atom is -0.467 e. The number of nitrogens with zero attached hydrogens (tertiary/aromatic N) is 1. The molecule has 1 N–H and O–H groups in total. The third kappa shape index (κ3) is 3.29. The fourth-order valence-corrected chi connectivity index (χ4v) is 3.45. The molecule has 5 heteroatoms. The van der Waals surface area contributed by atoms with Crippen LogP contribution < -0.4 is 5.32 Å². The summed E-state index contributed by atoms with van der Waals surface area (Å²) in [7, 11) is 1.74. The molecule has 22 heavy (non-hydrogen) atoms. The van der Waals surface area contributed by atoms with Crippen LogP contribution in [0.4, 0.5) is 4.79 Å². The number of urea groups is 1. The van der Waals surface area contributed by atoms with Crippen molar-refractivity contribution in [1.29, 1.82) is 0 Å². The number of hydrogen-bond acceptors (Lipinski definition) is 3. The first-order chi connectivity index (χ1) is 10.7. The molecule has 0 aromatic carbocycles. The van der Waals surface area contributed by atoms with Crippen molar-refractivity contribution in [2.45, 2.75) is 69.7 Å². The first-order valence-electron chi connectivity index (χ1n) is 8.35. The molecule has 2 saturated carbocycles. The molecule has 1 aromatic heterocycles. The second-order valence-electron chi connectivity index (χ2n) is 6.44. The van der Waals surface area contributed by atoms with Gasteiger partial charge in [0.2, 0.25) is 0 Å². The molecule has 2 aliphatic carbocycles. The summed E-state index contributed by atoms with van der Waals surface area (Å²) in [5.41, 5.74) is 0. The normalized spacial score (nSPS) is 26.5. The highest BCUT2D eigenvalue weighted by Gasteiger charge is 2.38. The molecule has 5 nitrogen and oxygen atoms in total. The first-order valence-corrected chi connectivity index (χ1v) is 8.35. The average Bonchev–Trinajstić information content (AvgIpc) is 3.19. The number of furan rings is 1. The van der Waals surface area contributed by atoms with Gasteiger partial charge < -0.3 is 19.4 Å². The molecule has 0 saturated heterocycles. The number of rotatable bonds is 5. The van der Waals surface area contributed by atoms with Gasteiger partial charge in [0.25, 0.3) is 0 Å². The van der Waals surface area contributed by atoms with E-state index in [0.717, 1.165) is 37.9 Å². The summed E-state index contributed by atoms with van der Waals surface area (Å²) in [6, 6.07) is 4.25. The maximum absolute atomic E-state index is 12.8. The van der Waals surface area contributed by atoms with Crippen molar-refractivity contribution in [3.8, 4) is 0 Å². The zero-order chi connectivity index (χ0) is 15.5.